The van der Waals surface area contributed by atoms with E-state index in [4.69, 9.17) is 5.73 Å². The van der Waals surface area contributed by atoms with Gasteiger partial charge in [-0.05, 0) is 0 Å². The molecule has 3 nitrogen and oxygen atoms in total. The van der Waals surface area contributed by atoms with Gasteiger partial charge in [0.2, 0.25) is 0 Å². The Morgan fingerprint density at radius 2 is 2.53 bits per heavy atom. The van der Waals surface area contributed by atoms with Crippen molar-refractivity contribution in [3.8, 4) is 0 Å². The molecular weight excluding hydrogens is 226 g/mol. The van der Waals surface area contributed by atoms with E-state index in [9.17, 15) is 0 Å². The largest absolute Gasteiger partial charge is 0.375 e. The molecule has 1 aromatic heterocycles. The lowest BCUT2D eigenvalue weighted by Gasteiger charge is -2.30. The molecule has 0 amide bonds. The van der Waals surface area contributed by atoms with Crippen molar-refractivity contribution in [1.29, 1.82) is 0 Å². The van der Waals surface area contributed by atoms with Crippen LogP contribution in [0.5, 0.6) is 0 Å². The molecule has 0 radical (unpaired) electrons. The highest BCUT2D eigenvalue weighted by Gasteiger charge is 2.16. The van der Waals surface area contributed by atoms with Gasteiger partial charge in [0, 0.05) is 42.4 Å². The maximum atomic E-state index is 5.60. The molecule has 1 aliphatic heterocycles. The summed E-state index contributed by atoms with van der Waals surface area (Å²) in [6.45, 7) is 5.85. The van der Waals surface area contributed by atoms with E-state index in [1.165, 1.54) is 30.2 Å². The van der Waals surface area contributed by atoms with Gasteiger partial charge in [-0.1, -0.05) is 6.92 Å². The Morgan fingerprint density at radius 1 is 1.67 bits per heavy atom. The normalized spacial score (nSPS) is 23.1. The number of anilines is 1. The van der Waals surface area contributed by atoms with Crippen molar-refractivity contribution in [1.82, 2.24) is 9.88 Å². The third-order valence-electron chi connectivity index (χ3n) is 2.58. The highest BCUT2D eigenvalue weighted by atomic mass is 32.2. The van der Waals surface area contributed by atoms with Crippen LogP contribution in [0.15, 0.2) is 5.38 Å². The smallest absolute Gasteiger partial charge is 0.180 e. The first-order valence-corrected chi connectivity index (χ1v) is 7.21. The standard InChI is InChI=1S/C10H17N3S2/c1-8-6-13(4-5-14-8)3-2-9-7-15-10(11)12-9/h7-8H,2-6H2,1H3,(H2,11,12). The van der Waals surface area contributed by atoms with Crippen LogP contribution >= 0.6 is 23.1 Å². The molecule has 0 saturated carbocycles. The minimum atomic E-state index is 0.688. The predicted octanol–water partition coefficient (Wildman–Crippen LogP) is 1.71. The fraction of sp³-hybridized carbons (Fsp3) is 0.700. The Morgan fingerprint density at radius 3 is 3.20 bits per heavy atom. The summed E-state index contributed by atoms with van der Waals surface area (Å²) in [7, 11) is 0. The molecule has 5 heteroatoms. The second kappa shape index (κ2) is 5.18. The summed E-state index contributed by atoms with van der Waals surface area (Å²) in [5.74, 6) is 1.26. The summed E-state index contributed by atoms with van der Waals surface area (Å²) in [6, 6.07) is 0. The maximum absolute atomic E-state index is 5.60. The molecule has 2 heterocycles. The maximum Gasteiger partial charge on any atom is 0.180 e. The van der Waals surface area contributed by atoms with E-state index < -0.39 is 0 Å². The van der Waals surface area contributed by atoms with Crippen LogP contribution in [-0.2, 0) is 6.42 Å². The molecule has 0 aromatic carbocycles. The van der Waals surface area contributed by atoms with E-state index in [0.29, 0.717) is 5.13 Å². The topological polar surface area (TPSA) is 42.1 Å². The monoisotopic (exact) mass is 243 g/mol. The van der Waals surface area contributed by atoms with Gasteiger partial charge in [0.1, 0.15) is 0 Å². The minimum Gasteiger partial charge on any atom is -0.375 e. The summed E-state index contributed by atoms with van der Waals surface area (Å²) in [5.41, 5.74) is 6.74. The third kappa shape index (κ3) is 3.36. The van der Waals surface area contributed by atoms with E-state index in [1.54, 1.807) is 0 Å². The number of rotatable bonds is 3. The van der Waals surface area contributed by atoms with Crippen LogP contribution in [0.1, 0.15) is 12.6 Å². The number of nitrogens with two attached hydrogens (primary N) is 1. The van der Waals surface area contributed by atoms with Gasteiger partial charge in [-0.3, -0.25) is 0 Å². The van der Waals surface area contributed by atoms with Crippen molar-refractivity contribution in [2.45, 2.75) is 18.6 Å². The zero-order valence-corrected chi connectivity index (χ0v) is 10.6. The van der Waals surface area contributed by atoms with Gasteiger partial charge in [-0.25, -0.2) is 4.98 Å². The Bertz CT molecular complexity index is 313. The molecule has 0 spiro atoms. The molecule has 84 valence electrons. The summed E-state index contributed by atoms with van der Waals surface area (Å²) in [6.07, 6.45) is 1.03. The molecule has 1 aliphatic rings. The molecule has 1 aromatic rings. The van der Waals surface area contributed by atoms with Gasteiger partial charge in [-0.2, -0.15) is 11.8 Å². The second-order valence-corrected chi connectivity index (χ2v) is 6.35. The average Bonchev–Trinajstić information content (AvgIpc) is 2.62. The molecule has 1 saturated heterocycles. The molecule has 2 rings (SSSR count). The second-order valence-electron chi connectivity index (χ2n) is 3.91. The van der Waals surface area contributed by atoms with E-state index >= 15 is 0 Å². The molecule has 1 unspecified atom stereocenters. The Balaban J connectivity index is 1.77. The lowest BCUT2D eigenvalue weighted by molar-refractivity contribution is 0.289. The van der Waals surface area contributed by atoms with Crippen LogP contribution in [0.2, 0.25) is 0 Å². The summed E-state index contributed by atoms with van der Waals surface area (Å²) in [5, 5.41) is 3.53. The number of aromatic nitrogens is 1. The molecular formula is C10H17N3S2. The van der Waals surface area contributed by atoms with Gasteiger partial charge in [0.15, 0.2) is 5.13 Å². The highest BCUT2D eigenvalue weighted by molar-refractivity contribution is 7.99. The van der Waals surface area contributed by atoms with Crippen molar-refractivity contribution in [3.63, 3.8) is 0 Å². The molecule has 0 aliphatic carbocycles. The van der Waals surface area contributed by atoms with Gasteiger partial charge in [-0.15, -0.1) is 11.3 Å². The lowest BCUT2D eigenvalue weighted by Crippen LogP contribution is -2.37. The molecule has 0 bridgehead atoms. The predicted molar refractivity (Wildman–Crippen MR) is 68.6 cm³/mol. The Hall–Kier alpha value is -0.260. The number of hydrogen-bond donors (Lipinski definition) is 1. The number of nitrogen functional groups attached to an aromatic ring is 1. The van der Waals surface area contributed by atoms with Crippen molar-refractivity contribution in [2.24, 2.45) is 0 Å². The first kappa shape index (κ1) is 11.2. The lowest BCUT2D eigenvalue weighted by atomic mass is 10.3. The van der Waals surface area contributed by atoms with Crippen LogP contribution in [0.4, 0.5) is 5.13 Å². The van der Waals surface area contributed by atoms with Crippen LogP contribution in [0, 0.1) is 0 Å². The van der Waals surface area contributed by atoms with Crippen LogP contribution in [0.3, 0.4) is 0 Å². The zero-order chi connectivity index (χ0) is 10.7. The zero-order valence-electron chi connectivity index (χ0n) is 8.98. The Labute approximate surface area is 99.1 Å². The van der Waals surface area contributed by atoms with E-state index in [2.05, 4.69) is 33.9 Å². The third-order valence-corrected chi connectivity index (χ3v) is 4.44. The number of thiazole rings is 1. The fourth-order valence-corrected chi connectivity index (χ4v) is 3.48. The highest BCUT2D eigenvalue weighted by Crippen LogP contribution is 2.18. The molecule has 1 fully saturated rings. The van der Waals surface area contributed by atoms with Crippen molar-refractivity contribution in [2.75, 3.05) is 31.1 Å². The summed E-state index contributed by atoms with van der Waals surface area (Å²) < 4.78 is 0. The summed E-state index contributed by atoms with van der Waals surface area (Å²) in [4.78, 5) is 6.80. The van der Waals surface area contributed by atoms with Gasteiger partial charge < -0.3 is 10.6 Å². The van der Waals surface area contributed by atoms with E-state index in [1.807, 2.05) is 0 Å². The van der Waals surface area contributed by atoms with E-state index in [0.717, 1.165) is 23.9 Å². The van der Waals surface area contributed by atoms with Gasteiger partial charge in [0.25, 0.3) is 0 Å². The fourth-order valence-electron chi connectivity index (χ4n) is 1.80. The number of nitrogens with zero attached hydrogens (tertiary/aromatic N) is 2. The van der Waals surface area contributed by atoms with Gasteiger partial charge >= 0.3 is 0 Å². The van der Waals surface area contributed by atoms with E-state index in [-0.39, 0.29) is 0 Å². The quantitative estimate of drug-likeness (QED) is 0.877. The average molecular weight is 243 g/mol. The van der Waals surface area contributed by atoms with Crippen molar-refractivity contribution >= 4 is 28.2 Å². The van der Waals surface area contributed by atoms with Crippen molar-refractivity contribution < 1.29 is 0 Å². The number of hydrogen-bond acceptors (Lipinski definition) is 5. The number of thioether (sulfide) groups is 1. The van der Waals surface area contributed by atoms with Crippen LogP contribution in [0.25, 0.3) is 0 Å². The SMILES string of the molecule is CC1CN(CCc2csc(N)n2)CCS1. The Kier molecular flexibility index (Phi) is 3.88. The van der Waals surface area contributed by atoms with Crippen molar-refractivity contribution in [3.05, 3.63) is 11.1 Å². The summed E-state index contributed by atoms with van der Waals surface area (Å²) >= 11 is 3.61. The minimum absolute atomic E-state index is 0.688. The molecule has 15 heavy (non-hydrogen) atoms. The van der Waals surface area contributed by atoms with Crippen LogP contribution in [-0.4, -0.2) is 40.5 Å². The first-order chi connectivity index (χ1) is 7.24. The first-order valence-electron chi connectivity index (χ1n) is 5.28. The van der Waals surface area contributed by atoms with Gasteiger partial charge in [0.05, 0.1) is 5.69 Å². The van der Waals surface area contributed by atoms with Crippen LogP contribution < -0.4 is 5.73 Å². The molecule has 2 N–H and O–H groups in total. The molecule has 1 atom stereocenters.